The zero-order chi connectivity index (χ0) is 6.69. The lowest BCUT2D eigenvalue weighted by Crippen LogP contribution is -2.14. The van der Waals surface area contributed by atoms with E-state index in [0.29, 0.717) is 12.3 Å². The van der Waals surface area contributed by atoms with Gasteiger partial charge in [-0.2, -0.15) is 0 Å². The molecule has 0 aliphatic carbocycles. The fraction of sp³-hybridized carbons (Fsp3) is 0.833. The molecule has 1 rings (SSSR count). The van der Waals surface area contributed by atoms with Crippen LogP contribution in [0.25, 0.3) is 0 Å². The SMILES string of the molecule is O=C1C[C@@H](CCO)CN1. The minimum Gasteiger partial charge on any atom is -0.396 e. The first-order valence-electron chi connectivity index (χ1n) is 3.20. The Balaban J connectivity index is 2.22. The lowest BCUT2D eigenvalue weighted by molar-refractivity contribution is -0.119. The summed E-state index contributed by atoms with van der Waals surface area (Å²) in [5.74, 6) is 0.496. The molecule has 0 saturated carbocycles. The van der Waals surface area contributed by atoms with E-state index in [-0.39, 0.29) is 12.5 Å². The summed E-state index contributed by atoms with van der Waals surface area (Å²) in [5.41, 5.74) is 0. The maximum atomic E-state index is 10.5. The summed E-state index contributed by atoms with van der Waals surface area (Å²) >= 11 is 0. The van der Waals surface area contributed by atoms with Gasteiger partial charge >= 0.3 is 0 Å². The highest BCUT2D eigenvalue weighted by Crippen LogP contribution is 2.11. The molecule has 0 radical (unpaired) electrons. The highest BCUT2D eigenvalue weighted by molar-refractivity contribution is 5.78. The van der Waals surface area contributed by atoms with Crippen LogP contribution in [0.3, 0.4) is 0 Å². The van der Waals surface area contributed by atoms with E-state index in [2.05, 4.69) is 5.32 Å². The quantitative estimate of drug-likeness (QED) is 0.528. The van der Waals surface area contributed by atoms with E-state index in [4.69, 9.17) is 5.11 Å². The molecule has 1 atom stereocenters. The topological polar surface area (TPSA) is 49.3 Å². The van der Waals surface area contributed by atoms with Crippen molar-refractivity contribution in [2.45, 2.75) is 12.8 Å². The predicted molar refractivity (Wildman–Crippen MR) is 32.8 cm³/mol. The van der Waals surface area contributed by atoms with Crippen molar-refractivity contribution >= 4 is 5.91 Å². The smallest absolute Gasteiger partial charge is 0.220 e. The van der Waals surface area contributed by atoms with Gasteiger partial charge in [0.15, 0.2) is 0 Å². The average Bonchev–Trinajstić information content (AvgIpc) is 2.17. The van der Waals surface area contributed by atoms with E-state index in [1.807, 2.05) is 0 Å². The molecule has 2 N–H and O–H groups in total. The van der Waals surface area contributed by atoms with Crippen molar-refractivity contribution in [2.75, 3.05) is 13.2 Å². The van der Waals surface area contributed by atoms with Crippen molar-refractivity contribution in [1.29, 1.82) is 0 Å². The maximum Gasteiger partial charge on any atom is 0.220 e. The van der Waals surface area contributed by atoms with E-state index >= 15 is 0 Å². The van der Waals surface area contributed by atoms with Gasteiger partial charge in [-0.3, -0.25) is 4.79 Å². The number of aliphatic hydroxyl groups excluding tert-OH is 1. The summed E-state index contributed by atoms with van der Waals surface area (Å²) in [4.78, 5) is 10.5. The third kappa shape index (κ3) is 1.68. The van der Waals surface area contributed by atoms with Crippen LogP contribution in [0.1, 0.15) is 12.8 Å². The molecule has 0 aromatic rings. The third-order valence-corrected chi connectivity index (χ3v) is 1.60. The zero-order valence-electron chi connectivity index (χ0n) is 5.26. The van der Waals surface area contributed by atoms with Gasteiger partial charge < -0.3 is 10.4 Å². The second kappa shape index (κ2) is 2.82. The second-order valence-corrected chi connectivity index (χ2v) is 2.39. The molecular formula is C6H11NO2. The van der Waals surface area contributed by atoms with Crippen molar-refractivity contribution in [1.82, 2.24) is 5.32 Å². The Kier molecular flexibility index (Phi) is 2.05. The summed E-state index contributed by atoms with van der Waals surface area (Å²) < 4.78 is 0. The van der Waals surface area contributed by atoms with Gasteiger partial charge in [-0.1, -0.05) is 0 Å². The number of hydrogen-bond donors (Lipinski definition) is 2. The average molecular weight is 129 g/mol. The first kappa shape index (κ1) is 6.55. The van der Waals surface area contributed by atoms with Crippen LogP contribution < -0.4 is 5.32 Å². The Morgan fingerprint density at radius 3 is 3.00 bits per heavy atom. The minimum absolute atomic E-state index is 0.119. The largest absolute Gasteiger partial charge is 0.396 e. The molecule has 9 heavy (non-hydrogen) atoms. The Bertz CT molecular complexity index is 114. The van der Waals surface area contributed by atoms with Gasteiger partial charge in [0, 0.05) is 19.6 Å². The van der Waals surface area contributed by atoms with Crippen LogP contribution in [0, 0.1) is 5.92 Å². The summed E-state index contributed by atoms with van der Waals surface area (Å²) in [7, 11) is 0. The molecule has 1 aliphatic heterocycles. The molecule has 1 aliphatic rings. The fourth-order valence-electron chi connectivity index (χ4n) is 1.05. The number of nitrogens with one attached hydrogen (secondary N) is 1. The van der Waals surface area contributed by atoms with Gasteiger partial charge in [0.1, 0.15) is 0 Å². The van der Waals surface area contributed by atoms with Crippen LogP contribution in [0.5, 0.6) is 0 Å². The number of carbonyl (C=O) groups is 1. The number of rotatable bonds is 2. The summed E-state index contributed by atoms with van der Waals surface area (Å²) in [6, 6.07) is 0. The first-order chi connectivity index (χ1) is 4.33. The summed E-state index contributed by atoms with van der Waals surface area (Å²) in [6.45, 7) is 0.943. The van der Waals surface area contributed by atoms with Crippen molar-refractivity contribution in [3.8, 4) is 0 Å². The Morgan fingerprint density at radius 1 is 1.78 bits per heavy atom. The lowest BCUT2D eigenvalue weighted by Gasteiger charge is -2.00. The Hall–Kier alpha value is -0.570. The molecule has 1 heterocycles. The van der Waals surface area contributed by atoms with E-state index in [1.165, 1.54) is 0 Å². The lowest BCUT2D eigenvalue weighted by atomic mass is 10.1. The predicted octanol–water partition coefficient (Wildman–Crippen LogP) is -0.495. The monoisotopic (exact) mass is 129 g/mol. The molecule has 0 spiro atoms. The van der Waals surface area contributed by atoms with Crippen molar-refractivity contribution in [2.24, 2.45) is 5.92 Å². The third-order valence-electron chi connectivity index (χ3n) is 1.60. The van der Waals surface area contributed by atoms with Crippen LogP contribution >= 0.6 is 0 Å². The Morgan fingerprint density at radius 2 is 2.56 bits per heavy atom. The molecule has 52 valence electrons. The fourth-order valence-corrected chi connectivity index (χ4v) is 1.05. The standard InChI is InChI=1S/C6H11NO2/c8-2-1-5-3-6(9)7-4-5/h5,8H,1-4H2,(H,7,9)/t5-/m1/s1. The van der Waals surface area contributed by atoms with Crippen LogP contribution in [0.4, 0.5) is 0 Å². The summed E-state index contributed by atoms with van der Waals surface area (Å²) in [5, 5.41) is 11.2. The zero-order valence-corrected chi connectivity index (χ0v) is 5.26. The van der Waals surface area contributed by atoms with Crippen LogP contribution in [0.2, 0.25) is 0 Å². The van der Waals surface area contributed by atoms with Crippen LogP contribution in [0.15, 0.2) is 0 Å². The molecule has 0 bridgehead atoms. The van der Waals surface area contributed by atoms with Crippen molar-refractivity contribution in [3.63, 3.8) is 0 Å². The second-order valence-electron chi connectivity index (χ2n) is 2.39. The number of hydrogen-bond acceptors (Lipinski definition) is 2. The molecular weight excluding hydrogens is 118 g/mol. The van der Waals surface area contributed by atoms with Gasteiger partial charge in [0.05, 0.1) is 0 Å². The summed E-state index contributed by atoms with van der Waals surface area (Å²) in [6.07, 6.45) is 1.35. The Labute approximate surface area is 54.1 Å². The molecule has 0 unspecified atom stereocenters. The first-order valence-corrected chi connectivity index (χ1v) is 3.20. The van der Waals surface area contributed by atoms with Gasteiger partial charge in [0.25, 0.3) is 0 Å². The highest BCUT2D eigenvalue weighted by atomic mass is 16.3. The minimum atomic E-state index is 0.119. The van der Waals surface area contributed by atoms with Gasteiger partial charge in [-0.25, -0.2) is 0 Å². The van der Waals surface area contributed by atoms with Crippen molar-refractivity contribution < 1.29 is 9.90 Å². The van der Waals surface area contributed by atoms with E-state index in [9.17, 15) is 4.79 Å². The van der Waals surface area contributed by atoms with Gasteiger partial charge in [0.2, 0.25) is 5.91 Å². The van der Waals surface area contributed by atoms with E-state index < -0.39 is 0 Å². The van der Waals surface area contributed by atoms with Crippen LogP contribution in [-0.2, 0) is 4.79 Å². The molecule has 0 aromatic heterocycles. The number of aliphatic hydroxyl groups is 1. The molecule has 3 nitrogen and oxygen atoms in total. The van der Waals surface area contributed by atoms with Crippen molar-refractivity contribution in [3.05, 3.63) is 0 Å². The van der Waals surface area contributed by atoms with E-state index in [1.54, 1.807) is 0 Å². The molecule has 3 heteroatoms. The molecule has 1 saturated heterocycles. The normalized spacial score (nSPS) is 26.3. The number of carbonyl (C=O) groups excluding carboxylic acids is 1. The van der Waals surface area contributed by atoms with E-state index in [0.717, 1.165) is 13.0 Å². The molecule has 1 amide bonds. The maximum absolute atomic E-state index is 10.5. The molecule has 0 aromatic carbocycles. The van der Waals surface area contributed by atoms with Gasteiger partial charge in [-0.05, 0) is 12.3 Å². The number of amides is 1. The highest BCUT2D eigenvalue weighted by Gasteiger charge is 2.19. The van der Waals surface area contributed by atoms with Crippen LogP contribution in [-0.4, -0.2) is 24.2 Å². The van der Waals surface area contributed by atoms with Gasteiger partial charge in [-0.15, -0.1) is 0 Å². The molecule has 1 fully saturated rings.